The lowest BCUT2D eigenvalue weighted by atomic mass is 9.84. The zero-order valence-electron chi connectivity index (χ0n) is 11.5. The first kappa shape index (κ1) is 15.0. The minimum atomic E-state index is -0.751. The van der Waals surface area contributed by atoms with Crippen LogP contribution in [-0.4, -0.2) is 50.2 Å². The largest absolute Gasteiger partial charge is 0.465 e. The topological polar surface area (TPSA) is 55.8 Å². The summed E-state index contributed by atoms with van der Waals surface area (Å²) in [4.78, 5) is 26.0. The summed E-state index contributed by atoms with van der Waals surface area (Å²) in [5, 5.41) is 0. The Bertz CT molecular complexity index is 267. The normalized spacial score (nSPS) is 17.8. The lowest BCUT2D eigenvalue weighted by Crippen LogP contribution is -2.40. The molecule has 1 aliphatic heterocycles. The van der Waals surface area contributed by atoms with E-state index in [0.29, 0.717) is 13.2 Å². The van der Waals surface area contributed by atoms with Crippen molar-refractivity contribution in [1.82, 2.24) is 4.90 Å². The Kier molecular flexibility index (Phi) is 6.12. The standard InChI is InChI=1S/C13H23NO4/c1-4-17-12(15)11(13(16)18-5-2)10-6-8-14(3)9-7-10/h10-11H,4-9H2,1-3H3. The molecule has 0 amide bonds. The quantitative estimate of drug-likeness (QED) is 0.545. The van der Waals surface area contributed by atoms with Crippen LogP contribution in [0.2, 0.25) is 0 Å². The summed E-state index contributed by atoms with van der Waals surface area (Å²) in [6, 6.07) is 0. The monoisotopic (exact) mass is 257 g/mol. The molecule has 0 bridgehead atoms. The van der Waals surface area contributed by atoms with E-state index in [0.717, 1.165) is 25.9 Å². The zero-order valence-corrected chi connectivity index (χ0v) is 11.5. The molecule has 0 unspecified atom stereocenters. The van der Waals surface area contributed by atoms with Gasteiger partial charge in [-0.05, 0) is 52.7 Å². The van der Waals surface area contributed by atoms with Crippen molar-refractivity contribution >= 4 is 11.9 Å². The summed E-state index contributed by atoms with van der Waals surface area (Å²) in [5.41, 5.74) is 0. The molecule has 0 aromatic rings. The van der Waals surface area contributed by atoms with Crippen molar-refractivity contribution in [2.24, 2.45) is 11.8 Å². The Labute approximate surface area is 108 Å². The molecule has 0 saturated carbocycles. The van der Waals surface area contributed by atoms with Gasteiger partial charge in [-0.15, -0.1) is 0 Å². The van der Waals surface area contributed by atoms with Gasteiger partial charge < -0.3 is 14.4 Å². The zero-order chi connectivity index (χ0) is 13.5. The fraction of sp³-hybridized carbons (Fsp3) is 0.846. The number of piperidine rings is 1. The van der Waals surface area contributed by atoms with E-state index < -0.39 is 17.9 Å². The van der Waals surface area contributed by atoms with Crippen molar-refractivity contribution in [2.45, 2.75) is 26.7 Å². The van der Waals surface area contributed by atoms with Crippen LogP contribution in [0.4, 0.5) is 0 Å². The van der Waals surface area contributed by atoms with E-state index in [9.17, 15) is 9.59 Å². The SMILES string of the molecule is CCOC(=O)C(C(=O)OCC)C1CCN(C)CC1. The highest BCUT2D eigenvalue weighted by Crippen LogP contribution is 2.26. The van der Waals surface area contributed by atoms with Crippen LogP contribution in [0, 0.1) is 11.8 Å². The van der Waals surface area contributed by atoms with Gasteiger partial charge in [-0.25, -0.2) is 0 Å². The summed E-state index contributed by atoms with van der Waals surface area (Å²) >= 11 is 0. The third-order valence-corrected chi connectivity index (χ3v) is 3.32. The average Bonchev–Trinajstić information content (AvgIpc) is 2.33. The van der Waals surface area contributed by atoms with Crippen molar-refractivity contribution in [3.05, 3.63) is 0 Å². The van der Waals surface area contributed by atoms with Crippen LogP contribution in [0.15, 0.2) is 0 Å². The molecular weight excluding hydrogens is 234 g/mol. The van der Waals surface area contributed by atoms with Gasteiger partial charge in [0.05, 0.1) is 13.2 Å². The number of rotatable bonds is 5. The molecule has 0 spiro atoms. The molecule has 5 nitrogen and oxygen atoms in total. The summed E-state index contributed by atoms with van der Waals surface area (Å²) in [5.74, 6) is -1.59. The summed E-state index contributed by atoms with van der Waals surface area (Å²) < 4.78 is 10.00. The summed E-state index contributed by atoms with van der Waals surface area (Å²) in [7, 11) is 2.04. The van der Waals surface area contributed by atoms with Crippen molar-refractivity contribution in [3.8, 4) is 0 Å². The molecule has 0 aromatic heterocycles. The van der Waals surface area contributed by atoms with Crippen molar-refractivity contribution < 1.29 is 19.1 Å². The first-order valence-corrected chi connectivity index (χ1v) is 6.61. The molecule has 18 heavy (non-hydrogen) atoms. The highest BCUT2D eigenvalue weighted by atomic mass is 16.6. The highest BCUT2D eigenvalue weighted by molar-refractivity contribution is 5.95. The third-order valence-electron chi connectivity index (χ3n) is 3.32. The van der Waals surface area contributed by atoms with E-state index in [1.165, 1.54) is 0 Å². The Morgan fingerprint density at radius 2 is 1.56 bits per heavy atom. The van der Waals surface area contributed by atoms with Crippen molar-refractivity contribution in [3.63, 3.8) is 0 Å². The van der Waals surface area contributed by atoms with Crippen LogP contribution in [0.1, 0.15) is 26.7 Å². The van der Waals surface area contributed by atoms with Crippen molar-refractivity contribution in [1.29, 1.82) is 0 Å². The average molecular weight is 257 g/mol. The first-order valence-electron chi connectivity index (χ1n) is 6.61. The Morgan fingerprint density at radius 3 is 1.94 bits per heavy atom. The van der Waals surface area contributed by atoms with E-state index in [1.54, 1.807) is 13.8 Å². The minimum Gasteiger partial charge on any atom is -0.465 e. The lowest BCUT2D eigenvalue weighted by Gasteiger charge is -2.32. The number of esters is 2. The number of likely N-dealkylation sites (tertiary alicyclic amines) is 1. The highest BCUT2D eigenvalue weighted by Gasteiger charge is 2.38. The van der Waals surface area contributed by atoms with Crippen LogP contribution in [-0.2, 0) is 19.1 Å². The van der Waals surface area contributed by atoms with E-state index in [2.05, 4.69) is 4.90 Å². The molecule has 104 valence electrons. The minimum absolute atomic E-state index is 0.0410. The second-order valence-electron chi connectivity index (χ2n) is 4.62. The third kappa shape index (κ3) is 3.98. The van der Waals surface area contributed by atoms with E-state index in [-0.39, 0.29) is 5.92 Å². The summed E-state index contributed by atoms with van der Waals surface area (Å²) in [6.45, 7) is 5.88. The van der Waals surface area contributed by atoms with Gasteiger partial charge >= 0.3 is 11.9 Å². The van der Waals surface area contributed by atoms with Crippen molar-refractivity contribution in [2.75, 3.05) is 33.4 Å². The molecule has 0 atom stereocenters. The van der Waals surface area contributed by atoms with Crippen LogP contribution in [0.25, 0.3) is 0 Å². The number of nitrogens with zero attached hydrogens (tertiary/aromatic N) is 1. The fourth-order valence-electron chi connectivity index (χ4n) is 2.31. The predicted octanol–water partition coefficient (Wildman–Crippen LogP) is 1.07. The Hall–Kier alpha value is -1.10. The maximum absolute atomic E-state index is 11.9. The first-order chi connectivity index (χ1) is 8.60. The van der Waals surface area contributed by atoms with Crippen LogP contribution in [0.3, 0.4) is 0 Å². The van der Waals surface area contributed by atoms with Crippen LogP contribution in [0.5, 0.6) is 0 Å². The second-order valence-corrected chi connectivity index (χ2v) is 4.62. The second kappa shape index (κ2) is 7.36. The van der Waals surface area contributed by atoms with Gasteiger partial charge in [0.2, 0.25) is 0 Å². The molecule has 0 N–H and O–H groups in total. The van der Waals surface area contributed by atoms with Gasteiger partial charge in [-0.3, -0.25) is 9.59 Å². The summed E-state index contributed by atoms with van der Waals surface area (Å²) in [6.07, 6.45) is 1.66. The maximum Gasteiger partial charge on any atom is 0.320 e. The van der Waals surface area contributed by atoms with E-state index in [4.69, 9.17) is 9.47 Å². The van der Waals surface area contributed by atoms with Crippen LogP contribution >= 0.6 is 0 Å². The maximum atomic E-state index is 11.9. The molecule has 5 heteroatoms. The molecule has 0 aromatic carbocycles. The van der Waals surface area contributed by atoms with Gasteiger partial charge in [-0.2, -0.15) is 0 Å². The Morgan fingerprint density at radius 1 is 1.11 bits per heavy atom. The smallest absolute Gasteiger partial charge is 0.320 e. The molecule has 1 rings (SSSR count). The van der Waals surface area contributed by atoms with Crippen LogP contribution < -0.4 is 0 Å². The fourth-order valence-corrected chi connectivity index (χ4v) is 2.31. The molecule has 1 aliphatic rings. The van der Waals surface area contributed by atoms with Gasteiger partial charge in [0.1, 0.15) is 0 Å². The lowest BCUT2D eigenvalue weighted by molar-refractivity contribution is -0.165. The number of hydrogen-bond donors (Lipinski definition) is 0. The van der Waals surface area contributed by atoms with E-state index >= 15 is 0 Å². The molecule has 1 fully saturated rings. The molecule has 1 saturated heterocycles. The molecule has 1 heterocycles. The van der Waals surface area contributed by atoms with Gasteiger partial charge in [0, 0.05) is 0 Å². The Balaban J connectivity index is 2.70. The molecule has 0 radical (unpaired) electrons. The van der Waals surface area contributed by atoms with Gasteiger partial charge in [0.15, 0.2) is 5.92 Å². The van der Waals surface area contributed by atoms with Gasteiger partial charge in [-0.1, -0.05) is 0 Å². The van der Waals surface area contributed by atoms with E-state index in [1.807, 2.05) is 7.05 Å². The number of carbonyl (C=O) groups is 2. The number of ether oxygens (including phenoxy) is 2. The molecular formula is C13H23NO4. The van der Waals surface area contributed by atoms with Gasteiger partial charge in [0.25, 0.3) is 0 Å². The molecule has 0 aliphatic carbocycles. The number of hydrogen-bond acceptors (Lipinski definition) is 5. The predicted molar refractivity (Wildman–Crippen MR) is 67.0 cm³/mol. The number of carbonyl (C=O) groups excluding carboxylic acids is 2.